The highest BCUT2D eigenvalue weighted by atomic mass is 19.3. The molecule has 19 heavy (non-hydrogen) atoms. The fourth-order valence-corrected chi connectivity index (χ4v) is 2.21. The first-order valence-corrected chi connectivity index (χ1v) is 5.92. The Bertz CT molecular complexity index is 467. The Labute approximate surface area is 109 Å². The van der Waals surface area contributed by atoms with Gasteiger partial charge >= 0.3 is 0 Å². The van der Waals surface area contributed by atoms with Crippen LogP contribution in [0.1, 0.15) is 6.42 Å². The van der Waals surface area contributed by atoms with Gasteiger partial charge in [-0.25, -0.2) is 13.2 Å². The second kappa shape index (κ2) is 5.50. The molecule has 1 aromatic carbocycles. The van der Waals surface area contributed by atoms with E-state index in [1.807, 2.05) is 0 Å². The van der Waals surface area contributed by atoms with Crippen molar-refractivity contribution in [2.45, 2.75) is 19.0 Å². The van der Waals surface area contributed by atoms with E-state index in [1.54, 1.807) is 24.3 Å². The number of alkyl halides is 3. The molecular formula is C13H14F3NO2. The topological polar surface area (TPSA) is 29.5 Å². The molecule has 0 bridgehead atoms. The Kier molecular flexibility index (Phi) is 3.97. The number of hydrogen-bond donors (Lipinski definition) is 0. The van der Waals surface area contributed by atoms with Gasteiger partial charge in [-0.15, -0.1) is 0 Å². The van der Waals surface area contributed by atoms with Crippen LogP contribution < -0.4 is 9.64 Å². The summed E-state index contributed by atoms with van der Waals surface area (Å²) in [6, 6.07) is 6.68. The van der Waals surface area contributed by atoms with Gasteiger partial charge < -0.3 is 9.64 Å². The van der Waals surface area contributed by atoms with Crippen molar-refractivity contribution in [1.29, 1.82) is 0 Å². The van der Waals surface area contributed by atoms with Crippen LogP contribution in [0.5, 0.6) is 5.75 Å². The predicted octanol–water partition coefficient (Wildman–Crippen LogP) is 2.65. The summed E-state index contributed by atoms with van der Waals surface area (Å²) in [6.07, 6.45) is -5.43. The molecule has 3 nitrogen and oxygen atoms in total. The van der Waals surface area contributed by atoms with E-state index in [1.165, 1.54) is 12.0 Å². The van der Waals surface area contributed by atoms with E-state index in [-0.39, 0.29) is 13.0 Å². The van der Waals surface area contributed by atoms with Gasteiger partial charge in [0.25, 0.3) is 6.43 Å². The van der Waals surface area contributed by atoms with Gasteiger partial charge in [-0.2, -0.15) is 0 Å². The summed E-state index contributed by atoms with van der Waals surface area (Å²) in [4.78, 5) is 13.3. The fourth-order valence-electron chi connectivity index (χ4n) is 2.21. The Hall–Kier alpha value is -1.72. The molecule has 1 aromatic rings. The number of anilines is 1. The standard InChI is InChI=1S/C13H14F3NO2/c1-19-9-4-2-3-8(7-9)17-6-5-10(13(17)18)11(14)12(15)16/h2-4,7,10-12H,5-6H2,1H3. The zero-order chi connectivity index (χ0) is 14.0. The van der Waals surface area contributed by atoms with Gasteiger partial charge in [0.15, 0.2) is 6.17 Å². The monoisotopic (exact) mass is 273 g/mol. The fraction of sp³-hybridized carbons (Fsp3) is 0.462. The minimum absolute atomic E-state index is 0.0988. The zero-order valence-corrected chi connectivity index (χ0v) is 10.4. The van der Waals surface area contributed by atoms with E-state index in [2.05, 4.69) is 0 Å². The smallest absolute Gasteiger partial charge is 0.270 e. The number of amides is 1. The lowest BCUT2D eigenvalue weighted by Gasteiger charge is -2.18. The highest BCUT2D eigenvalue weighted by Gasteiger charge is 2.42. The molecule has 1 aliphatic rings. The molecule has 1 amide bonds. The second-order valence-corrected chi connectivity index (χ2v) is 4.37. The van der Waals surface area contributed by atoms with Gasteiger partial charge in [0.2, 0.25) is 5.91 Å². The number of benzene rings is 1. The average Bonchev–Trinajstić information content (AvgIpc) is 2.79. The van der Waals surface area contributed by atoms with Crippen LogP contribution in [0, 0.1) is 5.92 Å². The summed E-state index contributed by atoms with van der Waals surface area (Å²) in [7, 11) is 1.49. The maximum Gasteiger partial charge on any atom is 0.270 e. The Balaban J connectivity index is 2.17. The summed E-state index contributed by atoms with van der Waals surface area (Å²) >= 11 is 0. The molecule has 0 saturated carbocycles. The third kappa shape index (κ3) is 2.67. The summed E-state index contributed by atoms with van der Waals surface area (Å²) in [5.41, 5.74) is 0.535. The normalized spacial score (nSPS) is 21.0. The zero-order valence-electron chi connectivity index (χ0n) is 10.4. The lowest BCUT2D eigenvalue weighted by atomic mass is 10.0. The lowest BCUT2D eigenvalue weighted by molar-refractivity contribution is -0.124. The van der Waals surface area contributed by atoms with E-state index in [9.17, 15) is 18.0 Å². The summed E-state index contributed by atoms with van der Waals surface area (Å²) in [6.45, 7) is 0.240. The van der Waals surface area contributed by atoms with Crippen LogP contribution in [0.4, 0.5) is 18.9 Å². The largest absolute Gasteiger partial charge is 0.497 e. The van der Waals surface area contributed by atoms with Gasteiger partial charge in [0.1, 0.15) is 5.75 Å². The number of halogens is 3. The van der Waals surface area contributed by atoms with Crippen molar-refractivity contribution in [3.63, 3.8) is 0 Å². The van der Waals surface area contributed by atoms with Crippen molar-refractivity contribution in [3.8, 4) is 5.75 Å². The molecule has 2 atom stereocenters. The van der Waals surface area contributed by atoms with Gasteiger partial charge in [0.05, 0.1) is 13.0 Å². The van der Waals surface area contributed by atoms with Gasteiger partial charge in [0, 0.05) is 18.3 Å². The van der Waals surface area contributed by atoms with Crippen LogP contribution in [-0.2, 0) is 4.79 Å². The predicted molar refractivity (Wildman–Crippen MR) is 64.4 cm³/mol. The van der Waals surface area contributed by atoms with Crippen molar-refractivity contribution in [1.82, 2.24) is 0 Å². The molecule has 1 aliphatic heterocycles. The molecule has 0 spiro atoms. The van der Waals surface area contributed by atoms with Gasteiger partial charge in [-0.1, -0.05) is 6.07 Å². The van der Waals surface area contributed by atoms with Crippen LogP contribution in [0.15, 0.2) is 24.3 Å². The van der Waals surface area contributed by atoms with Crippen molar-refractivity contribution < 1.29 is 22.7 Å². The molecule has 6 heteroatoms. The number of nitrogens with zero attached hydrogens (tertiary/aromatic N) is 1. The summed E-state index contributed by atoms with van der Waals surface area (Å²) < 4.78 is 43.0. The Morgan fingerprint density at radius 3 is 2.74 bits per heavy atom. The Morgan fingerprint density at radius 2 is 2.11 bits per heavy atom. The first-order chi connectivity index (χ1) is 9.04. The summed E-state index contributed by atoms with van der Waals surface area (Å²) in [5.74, 6) is -1.30. The summed E-state index contributed by atoms with van der Waals surface area (Å²) in [5, 5.41) is 0. The van der Waals surface area contributed by atoms with E-state index in [0.717, 1.165) is 0 Å². The van der Waals surface area contributed by atoms with Gasteiger partial charge in [-0.3, -0.25) is 4.79 Å². The Morgan fingerprint density at radius 1 is 1.37 bits per heavy atom. The van der Waals surface area contributed by atoms with E-state index >= 15 is 0 Å². The highest BCUT2D eigenvalue weighted by molar-refractivity contribution is 5.97. The number of hydrogen-bond acceptors (Lipinski definition) is 2. The number of methoxy groups -OCH3 is 1. The first-order valence-electron chi connectivity index (χ1n) is 5.92. The lowest BCUT2D eigenvalue weighted by Crippen LogP contribution is -2.33. The number of carbonyl (C=O) groups excluding carboxylic acids is 1. The molecule has 2 rings (SSSR count). The SMILES string of the molecule is COc1cccc(N2CCC(C(F)C(F)F)C2=O)c1. The molecule has 2 unspecified atom stereocenters. The third-order valence-electron chi connectivity index (χ3n) is 3.24. The average molecular weight is 273 g/mol. The first kappa shape index (κ1) is 13.7. The van der Waals surface area contributed by atoms with Crippen molar-refractivity contribution in [2.75, 3.05) is 18.6 Å². The van der Waals surface area contributed by atoms with Crippen molar-refractivity contribution in [2.24, 2.45) is 5.92 Å². The molecule has 0 N–H and O–H groups in total. The van der Waals surface area contributed by atoms with Crippen LogP contribution >= 0.6 is 0 Å². The van der Waals surface area contributed by atoms with Crippen molar-refractivity contribution in [3.05, 3.63) is 24.3 Å². The minimum Gasteiger partial charge on any atom is -0.497 e. The number of ether oxygens (including phenoxy) is 1. The quantitative estimate of drug-likeness (QED) is 0.844. The van der Waals surface area contributed by atoms with E-state index < -0.39 is 24.4 Å². The van der Waals surface area contributed by atoms with E-state index in [4.69, 9.17) is 4.74 Å². The van der Waals surface area contributed by atoms with Crippen LogP contribution in [0.2, 0.25) is 0 Å². The molecule has 104 valence electrons. The molecule has 0 aliphatic carbocycles. The molecule has 0 radical (unpaired) electrons. The van der Waals surface area contributed by atoms with Crippen LogP contribution in [0.3, 0.4) is 0 Å². The minimum atomic E-state index is -3.13. The molecule has 1 heterocycles. The van der Waals surface area contributed by atoms with E-state index in [0.29, 0.717) is 11.4 Å². The maximum absolute atomic E-state index is 13.3. The van der Waals surface area contributed by atoms with Crippen LogP contribution in [0.25, 0.3) is 0 Å². The van der Waals surface area contributed by atoms with Crippen LogP contribution in [-0.4, -0.2) is 32.2 Å². The highest BCUT2D eigenvalue weighted by Crippen LogP contribution is 2.32. The molecule has 1 saturated heterocycles. The number of carbonyl (C=O) groups is 1. The second-order valence-electron chi connectivity index (χ2n) is 4.37. The maximum atomic E-state index is 13.3. The molecule has 1 fully saturated rings. The number of rotatable bonds is 4. The molecular weight excluding hydrogens is 259 g/mol. The van der Waals surface area contributed by atoms with Gasteiger partial charge in [-0.05, 0) is 18.6 Å². The third-order valence-corrected chi connectivity index (χ3v) is 3.24. The molecule has 0 aromatic heterocycles. The van der Waals surface area contributed by atoms with Crippen molar-refractivity contribution >= 4 is 11.6 Å².